The van der Waals surface area contributed by atoms with E-state index in [1.165, 1.54) is 0 Å². The summed E-state index contributed by atoms with van der Waals surface area (Å²) in [7, 11) is 0. The Morgan fingerprint density at radius 1 is 1.10 bits per heavy atom. The van der Waals surface area contributed by atoms with Gasteiger partial charge in [0.05, 0.1) is 16.6 Å². The molecule has 0 radical (unpaired) electrons. The van der Waals surface area contributed by atoms with Crippen LogP contribution in [0.1, 0.15) is 18.3 Å². The Hall–Kier alpha value is -1.63. The minimum absolute atomic E-state index is 0.322. The molecule has 2 aromatic rings. The predicted molar refractivity (Wildman–Crippen MR) is 82.8 cm³/mol. The van der Waals surface area contributed by atoms with Crippen molar-refractivity contribution in [3.8, 4) is 0 Å². The third-order valence-electron chi connectivity index (χ3n) is 3.08. The molecule has 2 aromatic heterocycles. The van der Waals surface area contributed by atoms with E-state index in [0.29, 0.717) is 19.6 Å². The SMILES string of the molecule is C[C@H](CN(Cc1ccccn1)Cc1ccccn1)S(=O)O. The van der Waals surface area contributed by atoms with E-state index in [1.54, 1.807) is 19.3 Å². The highest BCUT2D eigenvalue weighted by atomic mass is 32.2. The van der Waals surface area contributed by atoms with Crippen molar-refractivity contribution in [2.24, 2.45) is 0 Å². The highest BCUT2D eigenvalue weighted by Crippen LogP contribution is 2.09. The second-order valence-electron chi connectivity index (χ2n) is 4.90. The topological polar surface area (TPSA) is 66.3 Å². The quantitative estimate of drug-likeness (QED) is 0.793. The molecule has 2 rings (SSSR count). The normalized spacial score (nSPS) is 14.0. The van der Waals surface area contributed by atoms with Crippen LogP contribution in [0.2, 0.25) is 0 Å². The Kier molecular flexibility index (Phi) is 5.98. The van der Waals surface area contributed by atoms with Crippen LogP contribution in [0, 0.1) is 0 Å². The molecule has 21 heavy (non-hydrogen) atoms. The Labute approximate surface area is 127 Å². The van der Waals surface area contributed by atoms with E-state index in [0.717, 1.165) is 11.4 Å². The molecule has 0 amide bonds. The lowest BCUT2D eigenvalue weighted by Crippen LogP contribution is -2.32. The summed E-state index contributed by atoms with van der Waals surface area (Å²) in [4.78, 5) is 10.7. The molecule has 0 bridgehead atoms. The number of pyridine rings is 2. The van der Waals surface area contributed by atoms with Crippen LogP contribution in [-0.2, 0) is 24.2 Å². The molecular formula is C15H19N3O2S. The minimum Gasteiger partial charge on any atom is -0.306 e. The van der Waals surface area contributed by atoms with Gasteiger partial charge < -0.3 is 4.55 Å². The molecule has 0 fully saturated rings. The summed E-state index contributed by atoms with van der Waals surface area (Å²) >= 11 is -1.83. The van der Waals surface area contributed by atoms with Gasteiger partial charge in [0.1, 0.15) is 0 Å². The fraction of sp³-hybridized carbons (Fsp3) is 0.333. The first-order valence-corrected chi connectivity index (χ1v) is 7.94. The van der Waals surface area contributed by atoms with Gasteiger partial charge >= 0.3 is 0 Å². The van der Waals surface area contributed by atoms with Gasteiger partial charge in [-0.2, -0.15) is 0 Å². The van der Waals surface area contributed by atoms with E-state index in [9.17, 15) is 8.76 Å². The van der Waals surface area contributed by atoms with Crippen LogP contribution >= 0.6 is 0 Å². The van der Waals surface area contributed by atoms with Crippen LogP contribution in [0.5, 0.6) is 0 Å². The minimum atomic E-state index is -1.83. The molecule has 0 aliphatic heterocycles. The van der Waals surface area contributed by atoms with Crippen molar-refractivity contribution in [2.75, 3.05) is 6.54 Å². The van der Waals surface area contributed by atoms with Crippen LogP contribution in [0.4, 0.5) is 0 Å². The van der Waals surface area contributed by atoms with Crippen molar-refractivity contribution in [2.45, 2.75) is 25.3 Å². The van der Waals surface area contributed by atoms with E-state index in [2.05, 4.69) is 14.9 Å². The molecule has 1 unspecified atom stereocenters. The van der Waals surface area contributed by atoms with Gasteiger partial charge in [0, 0.05) is 32.0 Å². The number of nitrogens with zero attached hydrogens (tertiary/aromatic N) is 3. The van der Waals surface area contributed by atoms with E-state index in [-0.39, 0.29) is 5.25 Å². The summed E-state index contributed by atoms with van der Waals surface area (Å²) in [5.74, 6) is 0. The zero-order chi connectivity index (χ0) is 15.1. The van der Waals surface area contributed by atoms with Gasteiger partial charge in [-0.25, -0.2) is 4.21 Å². The molecule has 0 spiro atoms. The lowest BCUT2D eigenvalue weighted by molar-refractivity contribution is 0.251. The molecule has 0 saturated carbocycles. The van der Waals surface area contributed by atoms with E-state index < -0.39 is 11.1 Å². The second-order valence-corrected chi connectivity index (χ2v) is 6.26. The highest BCUT2D eigenvalue weighted by Gasteiger charge is 2.16. The van der Waals surface area contributed by atoms with Crippen LogP contribution in [-0.4, -0.2) is 35.4 Å². The van der Waals surface area contributed by atoms with E-state index in [1.807, 2.05) is 36.4 Å². The second kappa shape index (κ2) is 7.97. The average molecular weight is 305 g/mol. The largest absolute Gasteiger partial charge is 0.306 e. The fourth-order valence-electron chi connectivity index (χ4n) is 2.05. The van der Waals surface area contributed by atoms with Crippen molar-refractivity contribution in [1.82, 2.24) is 14.9 Å². The maximum absolute atomic E-state index is 11.2. The van der Waals surface area contributed by atoms with E-state index >= 15 is 0 Å². The van der Waals surface area contributed by atoms with Crippen LogP contribution in [0.3, 0.4) is 0 Å². The lowest BCUT2D eigenvalue weighted by atomic mass is 10.2. The van der Waals surface area contributed by atoms with Crippen molar-refractivity contribution in [3.63, 3.8) is 0 Å². The number of rotatable bonds is 7. The molecule has 2 heterocycles. The van der Waals surface area contributed by atoms with Crippen molar-refractivity contribution >= 4 is 11.1 Å². The first kappa shape index (κ1) is 15.8. The number of hydrogen-bond acceptors (Lipinski definition) is 4. The van der Waals surface area contributed by atoms with Crippen LogP contribution in [0.15, 0.2) is 48.8 Å². The summed E-state index contributed by atoms with van der Waals surface area (Å²) in [6, 6.07) is 11.5. The van der Waals surface area contributed by atoms with Gasteiger partial charge in [0.15, 0.2) is 11.1 Å². The van der Waals surface area contributed by atoms with Crippen LogP contribution < -0.4 is 0 Å². The smallest absolute Gasteiger partial charge is 0.157 e. The predicted octanol–water partition coefficient (Wildman–Crippen LogP) is 2.09. The Bertz CT molecular complexity index is 524. The van der Waals surface area contributed by atoms with E-state index in [4.69, 9.17) is 0 Å². The van der Waals surface area contributed by atoms with Gasteiger partial charge in [0.2, 0.25) is 0 Å². The Morgan fingerprint density at radius 3 is 2.00 bits per heavy atom. The summed E-state index contributed by atoms with van der Waals surface area (Å²) in [6.45, 7) is 3.52. The standard InChI is InChI=1S/C15H19N3O2S/c1-13(21(19)20)10-18(11-14-6-2-4-8-16-14)12-15-7-3-5-9-17-15/h2-9,13H,10-12H2,1H3,(H,19,20)/t13-/m1/s1. The lowest BCUT2D eigenvalue weighted by Gasteiger charge is -2.23. The molecular weight excluding hydrogens is 286 g/mol. The molecule has 1 N–H and O–H groups in total. The molecule has 0 aromatic carbocycles. The Morgan fingerprint density at radius 2 is 1.62 bits per heavy atom. The number of hydrogen-bond donors (Lipinski definition) is 1. The first-order valence-electron chi connectivity index (χ1n) is 6.77. The maximum Gasteiger partial charge on any atom is 0.157 e. The Balaban J connectivity index is 2.08. The van der Waals surface area contributed by atoms with Gasteiger partial charge in [-0.05, 0) is 31.2 Å². The van der Waals surface area contributed by atoms with Gasteiger partial charge in [-0.3, -0.25) is 14.9 Å². The zero-order valence-corrected chi connectivity index (χ0v) is 12.7. The molecule has 0 saturated heterocycles. The maximum atomic E-state index is 11.2. The summed E-state index contributed by atoms with van der Waals surface area (Å²) in [5.41, 5.74) is 1.87. The monoisotopic (exact) mass is 305 g/mol. The highest BCUT2D eigenvalue weighted by molar-refractivity contribution is 7.79. The number of aromatic nitrogens is 2. The van der Waals surface area contributed by atoms with Crippen molar-refractivity contribution < 1.29 is 8.76 Å². The average Bonchev–Trinajstić information content (AvgIpc) is 2.49. The zero-order valence-electron chi connectivity index (χ0n) is 11.9. The van der Waals surface area contributed by atoms with Crippen LogP contribution in [0.25, 0.3) is 0 Å². The molecule has 6 heteroatoms. The fourth-order valence-corrected chi connectivity index (χ4v) is 2.39. The van der Waals surface area contributed by atoms with Crippen molar-refractivity contribution in [1.29, 1.82) is 0 Å². The van der Waals surface area contributed by atoms with Gasteiger partial charge in [0.25, 0.3) is 0 Å². The summed E-state index contributed by atoms with van der Waals surface area (Å²) in [5, 5.41) is -0.322. The molecule has 2 atom stereocenters. The summed E-state index contributed by atoms with van der Waals surface area (Å²) in [6.07, 6.45) is 3.50. The molecule has 0 aliphatic rings. The molecule has 5 nitrogen and oxygen atoms in total. The van der Waals surface area contributed by atoms with Gasteiger partial charge in [-0.15, -0.1) is 0 Å². The summed E-state index contributed by atoms with van der Waals surface area (Å²) < 4.78 is 20.4. The molecule has 0 aliphatic carbocycles. The van der Waals surface area contributed by atoms with Gasteiger partial charge in [-0.1, -0.05) is 12.1 Å². The first-order chi connectivity index (χ1) is 10.1. The third kappa shape index (κ3) is 5.34. The molecule has 112 valence electrons. The van der Waals surface area contributed by atoms with Crippen molar-refractivity contribution in [3.05, 3.63) is 60.2 Å². The third-order valence-corrected chi connectivity index (χ3v) is 3.92.